The number of hydrogen-bond donors (Lipinski definition) is 0. The predicted octanol–water partition coefficient (Wildman–Crippen LogP) is 4.50. The van der Waals surface area contributed by atoms with Crippen LogP contribution in [0.4, 0.5) is 0 Å². The average molecular weight is 438 g/mol. The van der Waals surface area contributed by atoms with Crippen LogP contribution >= 0.6 is 0 Å². The second kappa shape index (κ2) is 8.87. The maximum absolute atomic E-state index is 12.8. The molecule has 1 aliphatic heterocycles. The Morgan fingerprint density at radius 3 is 2.38 bits per heavy atom. The predicted molar refractivity (Wildman–Crippen MR) is 123 cm³/mol. The number of aryl methyl sites for hydroxylation is 1. The molecule has 6 nitrogen and oxygen atoms in total. The molecule has 0 radical (unpaired) electrons. The fraction of sp³-hybridized carbons (Fsp3) is 0.423. The Morgan fingerprint density at radius 2 is 1.69 bits per heavy atom. The Morgan fingerprint density at radius 1 is 0.969 bits per heavy atom. The van der Waals surface area contributed by atoms with Gasteiger partial charge in [0.1, 0.15) is 11.5 Å². The van der Waals surface area contributed by atoms with E-state index in [0.717, 1.165) is 36.5 Å². The van der Waals surface area contributed by atoms with Crippen LogP contribution in [-0.2, 0) is 10.2 Å². The van der Waals surface area contributed by atoms with Crippen LogP contribution in [0.15, 0.2) is 48.2 Å². The van der Waals surface area contributed by atoms with Gasteiger partial charge in [0.15, 0.2) is 11.5 Å². The summed E-state index contributed by atoms with van der Waals surface area (Å²) in [6.07, 6.45) is 4.86. The zero-order valence-electron chi connectivity index (χ0n) is 19.4. The SMILES string of the molecule is COc1ccc([C@@]23CCC(OC(=O)c4ccc(OC)c(OC)c4)=C[C@@H]2N(C)CC3)cc1C. The van der Waals surface area contributed by atoms with Crippen molar-refractivity contribution in [2.45, 2.75) is 37.6 Å². The molecule has 4 rings (SSSR count). The number of carbonyl (C=O) groups excluding carboxylic acids is 1. The van der Waals surface area contributed by atoms with E-state index in [9.17, 15) is 4.79 Å². The summed E-state index contributed by atoms with van der Waals surface area (Å²) in [5.74, 6) is 2.33. The van der Waals surface area contributed by atoms with Gasteiger partial charge in [-0.1, -0.05) is 12.1 Å². The Bertz CT molecular complexity index is 1050. The van der Waals surface area contributed by atoms with Gasteiger partial charge < -0.3 is 18.9 Å². The van der Waals surface area contributed by atoms with Crippen LogP contribution in [0.3, 0.4) is 0 Å². The molecule has 170 valence electrons. The topological polar surface area (TPSA) is 57.2 Å². The summed E-state index contributed by atoms with van der Waals surface area (Å²) in [7, 11) is 6.96. The maximum atomic E-state index is 12.8. The monoisotopic (exact) mass is 437 g/mol. The van der Waals surface area contributed by atoms with Crippen LogP contribution in [0.2, 0.25) is 0 Å². The zero-order valence-corrected chi connectivity index (χ0v) is 19.4. The van der Waals surface area contributed by atoms with Crippen molar-refractivity contribution >= 4 is 5.97 Å². The van der Waals surface area contributed by atoms with E-state index >= 15 is 0 Å². The van der Waals surface area contributed by atoms with Crippen molar-refractivity contribution in [1.29, 1.82) is 0 Å². The lowest BCUT2D eigenvalue weighted by Crippen LogP contribution is -2.42. The van der Waals surface area contributed by atoms with Gasteiger partial charge in [-0.2, -0.15) is 0 Å². The molecule has 6 heteroatoms. The molecule has 2 aromatic rings. The number of likely N-dealkylation sites (N-methyl/N-ethyl adjacent to an activating group) is 1. The quantitative estimate of drug-likeness (QED) is 0.621. The molecular formula is C26H31NO5. The molecule has 1 heterocycles. The third kappa shape index (κ3) is 3.84. The Labute approximate surface area is 189 Å². The minimum atomic E-state index is -0.384. The molecule has 1 aliphatic carbocycles. The molecular weight excluding hydrogens is 406 g/mol. The number of rotatable bonds is 6. The molecule has 1 saturated heterocycles. The molecule has 0 aromatic heterocycles. The zero-order chi connectivity index (χ0) is 22.9. The smallest absolute Gasteiger partial charge is 0.343 e. The molecule has 2 aromatic carbocycles. The lowest BCUT2D eigenvalue weighted by Gasteiger charge is -2.40. The number of fused-ring (bicyclic) bond motifs is 1. The maximum Gasteiger partial charge on any atom is 0.343 e. The summed E-state index contributed by atoms with van der Waals surface area (Å²) in [5, 5.41) is 0. The second-order valence-corrected chi connectivity index (χ2v) is 8.61. The van der Waals surface area contributed by atoms with E-state index in [1.807, 2.05) is 0 Å². The molecule has 2 atom stereocenters. The third-order valence-electron chi connectivity index (χ3n) is 6.93. The summed E-state index contributed by atoms with van der Waals surface area (Å²) >= 11 is 0. The minimum Gasteiger partial charge on any atom is -0.496 e. The van der Waals surface area contributed by atoms with Gasteiger partial charge in [-0.15, -0.1) is 0 Å². The Balaban J connectivity index is 1.58. The van der Waals surface area contributed by atoms with Crippen molar-refractivity contribution < 1.29 is 23.7 Å². The van der Waals surface area contributed by atoms with Gasteiger partial charge in [0.25, 0.3) is 0 Å². The van der Waals surface area contributed by atoms with Crippen molar-refractivity contribution in [1.82, 2.24) is 4.90 Å². The van der Waals surface area contributed by atoms with E-state index in [0.29, 0.717) is 23.5 Å². The highest BCUT2D eigenvalue weighted by atomic mass is 16.5. The van der Waals surface area contributed by atoms with Crippen molar-refractivity contribution in [2.75, 3.05) is 34.9 Å². The molecule has 0 bridgehead atoms. The summed E-state index contributed by atoms with van der Waals surface area (Å²) in [4.78, 5) is 15.2. The van der Waals surface area contributed by atoms with Crippen LogP contribution in [0.1, 0.15) is 40.7 Å². The van der Waals surface area contributed by atoms with Gasteiger partial charge in [-0.25, -0.2) is 4.79 Å². The van der Waals surface area contributed by atoms with Gasteiger partial charge >= 0.3 is 5.97 Å². The number of likely N-dealkylation sites (tertiary alicyclic amines) is 1. The fourth-order valence-corrected chi connectivity index (χ4v) is 5.12. The average Bonchev–Trinajstić information content (AvgIpc) is 3.15. The number of ether oxygens (including phenoxy) is 4. The first-order chi connectivity index (χ1) is 15.4. The number of benzene rings is 2. The highest BCUT2D eigenvalue weighted by Crippen LogP contribution is 2.48. The third-order valence-corrected chi connectivity index (χ3v) is 6.93. The molecule has 1 fully saturated rings. The normalized spacial score (nSPS) is 22.7. The van der Waals surface area contributed by atoms with E-state index in [-0.39, 0.29) is 17.4 Å². The van der Waals surface area contributed by atoms with Crippen LogP contribution in [0.25, 0.3) is 0 Å². The lowest BCUT2D eigenvalue weighted by atomic mass is 9.68. The highest BCUT2D eigenvalue weighted by Gasteiger charge is 2.48. The molecule has 0 unspecified atom stereocenters. The molecule has 0 amide bonds. The first-order valence-electron chi connectivity index (χ1n) is 10.9. The lowest BCUT2D eigenvalue weighted by molar-refractivity contribution is 0.0593. The molecule has 32 heavy (non-hydrogen) atoms. The van der Waals surface area contributed by atoms with Crippen molar-refractivity contribution in [3.8, 4) is 17.2 Å². The van der Waals surface area contributed by atoms with Gasteiger partial charge in [0, 0.05) is 17.9 Å². The van der Waals surface area contributed by atoms with Gasteiger partial charge in [0.2, 0.25) is 0 Å². The Hall–Kier alpha value is -2.99. The van der Waals surface area contributed by atoms with E-state index < -0.39 is 0 Å². The number of esters is 1. The van der Waals surface area contributed by atoms with Crippen molar-refractivity contribution in [3.63, 3.8) is 0 Å². The fourth-order valence-electron chi connectivity index (χ4n) is 5.12. The van der Waals surface area contributed by atoms with Gasteiger partial charge in [-0.3, -0.25) is 4.90 Å². The van der Waals surface area contributed by atoms with Gasteiger partial charge in [-0.05, 0) is 74.8 Å². The van der Waals surface area contributed by atoms with E-state index in [1.165, 1.54) is 5.56 Å². The number of hydrogen-bond acceptors (Lipinski definition) is 6. The molecule has 0 saturated carbocycles. The number of carbonyl (C=O) groups is 1. The summed E-state index contributed by atoms with van der Waals surface area (Å²) in [6, 6.07) is 11.7. The van der Waals surface area contributed by atoms with Crippen molar-refractivity contribution in [3.05, 3.63) is 64.9 Å². The summed E-state index contributed by atoms with van der Waals surface area (Å²) in [5.41, 5.74) is 2.92. The number of methoxy groups -OCH3 is 3. The van der Waals surface area contributed by atoms with Crippen LogP contribution < -0.4 is 14.2 Å². The van der Waals surface area contributed by atoms with Crippen LogP contribution in [0, 0.1) is 6.92 Å². The Kier molecular flexibility index (Phi) is 6.15. The van der Waals surface area contributed by atoms with E-state index in [4.69, 9.17) is 18.9 Å². The molecule has 2 aliphatic rings. The van der Waals surface area contributed by atoms with Crippen LogP contribution in [-0.4, -0.2) is 51.8 Å². The summed E-state index contributed by atoms with van der Waals surface area (Å²) in [6.45, 7) is 3.09. The summed E-state index contributed by atoms with van der Waals surface area (Å²) < 4.78 is 21.8. The first kappa shape index (κ1) is 22.2. The van der Waals surface area contributed by atoms with Gasteiger partial charge in [0.05, 0.1) is 26.9 Å². The standard InChI is InChI=1S/C26H31NO5/c1-17-14-19(7-9-21(17)29-3)26-11-10-20(16-24(26)27(2)13-12-26)32-25(28)18-6-8-22(30-4)23(15-18)31-5/h6-9,14-16,24H,10-13H2,1-5H3/t24-,26-/m0/s1. The number of allylic oxidation sites excluding steroid dienone is 1. The minimum absolute atomic E-state index is 0.0189. The van der Waals surface area contributed by atoms with E-state index in [2.05, 4.69) is 43.1 Å². The molecule has 0 N–H and O–H groups in total. The van der Waals surface area contributed by atoms with Crippen LogP contribution in [0.5, 0.6) is 17.2 Å². The number of nitrogens with zero attached hydrogens (tertiary/aromatic N) is 1. The highest BCUT2D eigenvalue weighted by molar-refractivity contribution is 5.91. The largest absolute Gasteiger partial charge is 0.496 e. The second-order valence-electron chi connectivity index (χ2n) is 8.61. The van der Waals surface area contributed by atoms with E-state index in [1.54, 1.807) is 39.5 Å². The first-order valence-corrected chi connectivity index (χ1v) is 10.9. The van der Waals surface area contributed by atoms with Crippen molar-refractivity contribution in [2.24, 2.45) is 0 Å². The molecule has 0 spiro atoms.